The van der Waals surface area contributed by atoms with E-state index in [-0.39, 0.29) is 18.4 Å². The minimum absolute atomic E-state index is 0.264. The van der Waals surface area contributed by atoms with Crippen LogP contribution in [0.25, 0.3) is 11.1 Å². The molecule has 0 aromatic heterocycles. The second kappa shape index (κ2) is 9.43. The van der Waals surface area contributed by atoms with Crippen molar-refractivity contribution in [1.29, 1.82) is 0 Å². The number of nitrogens with one attached hydrogen (secondary N) is 1. The zero-order chi connectivity index (χ0) is 20.9. The first kappa shape index (κ1) is 21.4. The van der Waals surface area contributed by atoms with Crippen LogP contribution in [0.4, 0.5) is 5.69 Å². The van der Waals surface area contributed by atoms with E-state index in [1.807, 2.05) is 62.4 Å². The van der Waals surface area contributed by atoms with Crippen molar-refractivity contribution in [3.63, 3.8) is 0 Å². The first-order valence-corrected chi connectivity index (χ1v) is 11.5. The minimum atomic E-state index is -4.24. The summed E-state index contributed by atoms with van der Waals surface area (Å²) in [5.41, 5.74) is 3.12. The van der Waals surface area contributed by atoms with Crippen molar-refractivity contribution < 1.29 is 27.3 Å². The van der Waals surface area contributed by atoms with Gasteiger partial charge in [-0.2, -0.15) is 0 Å². The molecular formula is C22H27NO5S. The Balaban J connectivity index is 1.91. The zero-order valence-corrected chi connectivity index (χ0v) is 17.6. The number of quaternary nitrogens is 1. The molecule has 2 aromatic rings. The van der Waals surface area contributed by atoms with Gasteiger partial charge in [-0.3, -0.25) is 4.90 Å². The molecule has 3 rings (SSSR count). The highest BCUT2D eigenvalue weighted by atomic mass is 32.2. The average Bonchev–Trinajstić information content (AvgIpc) is 3.04. The third-order valence-corrected chi connectivity index (χ3v) is 5.67. The highest BCUT2D eigenvalue weighted by molar-refractivity contribution is 7.85. The van der Waals surface area contributed by atoms with Gasteiger partial charge in [0.25, 0.3) is 6.23 Å². The molecule has 0 saturated heterocycles. The molecule has 0 fully saturated rings. The van der Waals surface area contributed by atoms with Crippen LogP contribution in [0, 0.1) is 0 Å². The lowest BCUT2D eigenvalue weighted by Gasteiger charge is -2.19. The van der Waals surface area contributed by atoms with Gasteiger partial charge in [0.05, 0.1) is 29.3 Å². The molecule has 2 atom stereocenters. The third-order valence-electron chi connectivity index (χ3n) is 4.89. The average molecular weight is 418 g/mol. The first-order chi connectivity index (χ1) is 13.9. The lowest BCUT2D eigenvalue weighted by atomic mass is 10.0. The maximum Gasteiger partial charge on any atom is 0.260 e. The predicted molar refractivity (Wildman–Crippen MR) is 111 cm³/mol. The summed E-state index contributed by atoms with van der Waals surface area (Å²) in [6, 6.07) is 16.1. The number of rotatable bonds is 9. The summed E-state index contributed by atoms with van der Waals surface area (Å²) < 4.78 is 45.0. The molecule has 156 valence electrons. The van der Waals surface area contributed by atoms with E-state index in [9.17, 15) is 13.0 Å². The van der Waals surface area contributed by atoms with E-state index in [1.54, 1.807) is 0 Å². The summed E-state index contributed by atoms with van der Waals surface area (Å²) in [6.45, 7) is 4.99. The molecule has 0 aliphatic carbocycles. The van der Waals surface area contributed by atoms with Gasteiger partial charge in [-0.25, -0.2) is 8.42 Å². The molecule has 1 heterocycles. The zero-order valence-electron chi connectivity index (χ0n) is 16.8. The number of ether oxygens (including phenoxy) is 2. The Morgan fingerprint density at radius 3 is 2.59 bits per heavy atom. The van der Waals surface area contributed by atoms with Crippen molar-refractivity contribution in [2.75, 3.05) is 18.9 Å². The van der Waals surface area contributed by atoms with Crippen LogP contribution >= 0.6 is 0 Å². The standard InChI is InChI=1S/C22H27NO5S/c1-3-19(27-4-2)16-22-23(13-8-14-29(24,25)26)20-15-18(11-12-21(20)28-22)17-9-6-5-7-10-17/h5-7,9-12,15-16,22H,3-4,8,13-14H2,1-2H3,(H,24,25,26). The molecule has 2 unspecified atom stereocenters. The van der Waals surface area contributed by atoms with Gasteiger partial charge in [-0.1, -0.05) is 43.3 Å². The molecule has 1 aliphatic rings. The summed E-state index contributed by atoms with van der Waals surface area (Å²) in [5, 5.41) is 0. The van der Waals surface area contributed by atoms with Crippen molar-refractivity contribution in [2.45, 2.75) is 32.9 Å². The normalized spacial score (nSPS) is 18.9. The van der Waals surface area contributed by atoms with Gasteiger partial charge in [-0.05, 0) is 24.1 Å². The van der Waals surface area contributed by atoms with Crippen LogP contribution in [0.15, 0.2) is 60.4 Å². The van der Waals surface area contributed by atoms with E-state index < -0.39 is 10.1 Å². The first-order valence-electron chi connectivity index (χ1n) is 9.90. The molecule has 1 aliphatic heterocycles. The molecule has 6 nitrogen and oxygen atoms in total. The van der Waals surface area contributed by atoms with Crippen LogP contribution in [-0.4, -0.2) is 38.1 Å². The molecule has 7 heteroatoms. The molecular weight excluding hydrogens is 390 g/mol. The molecule has 0 spiro atoms. The third kappa shape index (κ3) is 5.59. The van der Waals surface area contributed by atoms with Crippen LogP contribution < -0.4 is 9.64 Å². The quantitative estimate of drug-likeness (QED) is 0.501. The molecule has 1 N–H and O–H groups in total. The topological polar surface area (TPSA) is 80.1 Å². The Hall–Kier alpha value is -2.35. The Kier molecular flexibility index (Phi) is 6.95. The van der Waals surface area contributed by atoms with Gasteiger partial charge in [0.2, 0.25) is 0 Å². The summed E-state index contributed by atoms with van der Waals surface area (Å²) in [5.74, 6) is 1.22. The fraction of sp³-hybridized carbons (Fsp3) is 0.364. The van der Waals surface area contributed by atoms with Crippen molar-refractivity contribution in [1.82, 2.24) is 0 Å². The van der Waals surface area contributed by atoms with Gasteiger partial charge in [0.1, 0.15) is 5.76 Å². The summed E-state index contributed by atoms with van der Waals surface area (Å²) >= 11 is 0. The Morgan fingerprint density at radius 2 is 1.93 bits per heavy atom. The number of benzene rings is 2. The maximum absolute atomic E-state index is 11.1. The minimum Gasteiger partial charge on any atom is -0.748 e. The number of fused-ring (bicyclic) bond motifs is 1. The van der Waals surface area contributed by atoms with Gasteiger partial charge in [0, 0.05) is 24.7 Å². The second-order valence-electron chi connectivity index (χ2n) is 6.93. The van der Waals surface area contributed by atoms with Gasteiger partial charge in [-0.15, -0.1) is 0 Å². The lowest BCUT2D eigenvalue weighted by molar-refractivity contribution is -0.862. The van der Waals surface area contributed by atoms with E-state index in [0.717, 1.165) is 39.6 Å². The smallest absolute Gasteiger partial charge is 0.260 e. The highest BCUT2D eigenvalue weighted by Crippen LogP contribution is 2.32. The lowest BCUT2D eigenvalue weighted by Crippen LogP contribution is -3.10. The Bertz CT molecular complexity index is 956. The van der Waals surface area contributed by atoms with E-state index in [2.05, 4.69) is 6.07 Å². The fourth-order valence-electron chi connectivity index (χ4n) is 3.53. The van der Waals surface area contributed by atoms with Crippen LogP contribution in [0.1, 0.15) is 26.7 Å². The summed E-state index contributed by atoms with van der Waals surface area (Å²) in [4.78, 5) is 0.979. The van der Waals surface area contributed by atoms with E-state index >= 15 is 0 Å². The fourth-order valence-corrected chi connectivity index (χ4v) is 4.03. The molecule has 0 saturated carbocycles. The Labute approximate surface area is 172 Å². The van der Waals surface area contributed by atoms with E-state index in [1.165, 1.54) is 0 Å². The summed E-state index contributed by atoms with van der Waals surface area (Å²) in [7, 11) is -4.24. The van der Waals surface area contributed by atoms with Crippen LogP contribution in [0.3, 0.4) is 0 Å². The largest absolute Gasteiger partial charge is 0.748 e. The van der Waals surface area contributed by atoms with Gasteiger partial charge < -0.3 is 14.0 Å². The molecule has 2 aromatic carbocycles. The van der Waals surface area contributed by atoms with Crippen molar-refractivity contribution in [2.24, 2.45) is 0 Å². The Morgan fingerprint density at radius 1 is 1.17 bits per heavy atom. The van der Waals surface area contributed by atoms with Gasteiger partial charge in [0.15, 0.2) is 11.4 Å². The van der Waals surface area contributed by atoms with Crippen LogP contribution in [0.5, 0.6) is 5.75 Å². The molecule has 0 bridgehead atoms. The van der Waals surface area contributed by atoms with Crippen LogP contribution in [0.2, 0.25) is 0 Å². The molecule has 0 radical (unpaired) electrons. The second-order valence-corrected chi connectivity index (χ2v) is 8.45. The van der Waals surface area contributed by atoms with Crippen molar-refractivity contribution >= 4 is 15.8 Å². The van der Waals surface area contributed by atoms with Gasteiger partial charge >= 0.3 is 0 Å². The SMILES string of the molecule is CCOC(=CC1Oc2ccc(-c3ccccc3)cc2[NH+]1CCCS(=O)(=O)[O-])CC. The van der Waals surface area contributed by atoms with E-state index in [0.29, 0.717) is 13.2 Å². The van der Waals surface area contributed by atoms with Crippen molar-refractivity contribution in [3.8, 4) is 16.9 Å². The monoisotopic (exact) mass is 417 g/mol. The predicted octanol–water partition coefficient (Wildman–Crippen LogP) is 2.85. The van der Waals surface area contributed by atoms with Crippen molar-refractivity contribution in [3.05, 3.63) is 60.4 Å². The summed E-state index contributed by atoms with van der Waals surface area (Å²) in [6.07, 6.45) is 2.63. The molecule has 29 heavy (non-hydrogen) atoms. The number of allylic oxidation sites excluding steroid dienone is 1. The molecule has 0 amide bonds. The highest BCUT2D eigenvalue weighted by Gasteiger charge is 2.35. The maximum atomic E-state index is 11.1. The number of hydrogen-bond acceptors (Lipinski definition) is 5. The van der Waals surface area contributed by atoms with Crippen LogP contribution in [-0.2, 0) is 14.9 Å². The number of hydrogen-bond donors (Lipinski definition) is 1. The van der Waals surface area contributed by atoms with E-state index in [4.69, 9.17) is 9.47 Å².